The van der Waals surface area contributed by atoms with Crippen LogP contribution in [0.3, 0.4) is 0 Å². The number of halogens is 1. The maximum atomic E-state index is 10.2. The summed E-state index contributed by atoms with van der Waals surface area (Å²) in [6, 6.07) is 0. The van der Waals surface area contributed by atoms with Gasteiger partial charge in [-0.15, -0.1) is 17.0 Å². The molecule has 6 heteroatoms. The monoisotopic (exact) mass is 428 g/mol. The van der Waals surface area contributed by atoms with Crippen molar-refractivity contribution in [1.29, 1.82) is 0 Å². The van der Waals surface area contributed by atoms with Gasteiger partial charge in [0.25, 0.3) is 0 Å². The number of amides is 1. The molecule has 0 aliphatic rings. The van der Waals surface area contributed by atoms with Crippen molar-refractivity contribution in [1.82, 2.24) is 0 Å². The van der Waals surface area contributed by atoms with Crippen molar-refractivity contribution in [3.8, 4) is 0 Å². The summed E-state index contributed by atoms with van der Waals surface area (Å²) in [6.45, 7) is 9.73. The Morgan fingerprint density at radius 3 is 1.90 bits per heavy atom. The molecule has 0 fully saturated rings. The quantitative estimate of drug-likeness (QED) is 0.347. The first-order chi connectivity index (χ1) is 8.93. The Morgan fingerprint density at radius 2 is 1.60 bits per heavy atom. The van der Waals surface area contributed by atoms with Crippen LogP contribution in [-0.2, 0) is 17.4 Å². The summed E-state index contributed by atoms with van der Waals surface area (Å²) in [5.74, 6) is 2.08. The van der Waals surface area contributed by atoms with Gasteiger partial charge in [0.15, 0.2) is 0 Å². The molecule has 0 saturated carbocycles. The summed E-state index contributed by atoms with van der Waals surface area (Å²) in [7, 11) is 0. The molecule has 1 amide bonds. The minimum Gasteiger partial charge on any atom is -0.794 e. The Bertz CT molecular complexity index is 198. The second-order valence-corrected chi connectivity index (χ2v) is 8.85. The molecule has 0 spiro atoms. The predicted molar refractivity (Wildman–Crippen MR) is 99.1 cm³/mol. The first-order valence-electron chi connectivity index (χ1n) is 7.13. The van der Waals surface area contributed by atoms with Crippen molar-refractivity contribution >= 4 is 50.9 Å². The Labute approximate surface area is 148 Å². The molecule has 0 aromatic heterocycles. The van der Waals surface area contributed by atoms with E-state index in [1.54, 1.807) is 10.5 Å². The molecule has 2 radical (unpaired) electrons. The van der Waals surface area contributed by atoms with Crippen LogP contribution in [-0.4, -0.2) is 40.2 Å². The molecule has 0 bridgehead atoms. The molecule has 0 heterocycles. The van der Waals surface area contributed by atoms with E-state index in [0.29, 0.717) is 27.7 Å². The van der Waals surface area contributed by atoms with Crippen LogP contribution in [0, 0.1) is 11.8 Å². The van der Waals surface area contributed by atoms with Crippen LogP contribution in [0.1, 0.15) is 40.5 Å². The Kier molecular flexibility index (Phi) is 25.5. The van der Waals surface area contributed by atoms with E-state index in [1.807, 2.05) is 0 Å². The van der Waals surface area contributed by atoms with Crippen LogP contribution in [0.15, 0.2) is 0 Å². The van der Waals surface area contributed by atoms with Crippen molar-refractivity contribution in [2.24, 2.45) is 17.6 Å². The van der Waals surface area contributed by atoms with Gasteiger partial charge >= 0.3 is 78.3 Å². The molecule has 3 nitrogen and oxygen atoms in total. The molecular formula is C14H31BrGeN2OS-2. The second-order valence-electron chi connectivity index (χ2n) is 5.30. The number of hydrogen-bond donors (Lipinski definition) is 1. The van der Waals surface area contributed by atoms with Gasteiger partial charge in [-0.3, -0.25) is 0 Å². The van der Waals surface area contributed by atoms with Gasteiger partial charge < -0.3 is 28.5 Å². The fourth-order valence-electron chi connectivity index (χ4n) is 1.14. The summed E-state index contributed by atoms with van der Waals surface area (Å²) in [5.41, 5.74) is 4.94. The summed E-state index contributed by atoms with van der Waals surface area (Å²) >= 11 is 4.97. The number of nitrogens with two attached hydrogens (primary N) is 1. The normalized spacial score (nSPS) is 9.80. The predicted octanol–water partition coefficient (Wildman–Crippen LogP) is 3.59. The molecule has 2 N–H and O–H groups in total. The third kappa shape index (κ3) is 27.2. The smallest absolute Gasteiger partial charge is 0.0649 e. The van der Waals surface area contributed by atoms with E-state index in [4.69, 9.17) is 5.73 Å². The van der Waals surface area contributed by atoms with Gasteiger partial charge in [-0.1, -0.05) is 0 Å². The fraction of sp³-hybridized carbons (Fsp3) is 0.929. The van der Waals surface area contributed by atoms with Crippen LogP contribution >= 0.6 is 17.0 Å². The van der Waals surface area contributed by atoms with E-state index in [0.717, 1.165) is 11.8 Å². The van der Waals surface area contributed by atoms with Crippen molar-refractivity contribution in [2.45, 2.75) is 51.0 Å². The zero-order chi connectivity index (χ0) is 15.1. The van der Waals surface area contributed by atoms with Gasteiger partial charge in [-0.25, -0.2) is 0 Å². The van der Waals surface area contributed by atoms with Crippen molar-refractivity contribution in [3.05, 3.63) is 5.32 Å². The van der Waals surface area contributed by atoms with Gasteiger partial charge in [-0.05, 0) is 0 Å². The van der Waals surface area contributed by atoms with Crippen LogP contribution in [0.2, 0.25) is 10.5 Å². The number of carbonyl (C=O) groups is 1. The Hall–Kier alpha value is 0.803. The molecule has 20 heavy (non-hydrogen) atoms. The molecule has 0 aromatic carbocycles. The molecule has 0 rings (SSSR count). The molecule has 0 unspecified atom stereocenters. The molecule has 0 saturated heterocycles. The van der Waals surface area contributed by atoms with Crippen molar-refractivity contribution in [2.75, 3.05) is 18.8 Å². The van der Waals surface area contributed by atoms with E-state index in [1.165, 1.54) is 12.8 Å². The first-order valence-corrected chi connectivity index (χ1v) is 10.7. The van der Waals surface area contributed by atoms with Crippen LogP contribution in [0.25, 0.3) is 5.32 Å². The summed E-state index contributed by atoms with van der Waals surface area (Å²) in [4.78, 5) is 10.2. The maximum Gasteiger partial charge on any atom is 0.0649 e. The third-order valence-corrected chi connectivity index (χ3v) is 5.23. The second kappa shape index (κ2) is 19.8. The topological polar surface area (TPSA) is 57.2 Å². The van der Waals surface area contributed by atoms with Gasteiger partial charge in [-0.2, -0.15) is 12.3 Å². The molecule has 0 aliphatic heterocycles. The minimum atomic E-state index is -0.269. The summed E-state index contributed by atoms with van der Waals surface area (Å²) in [5, 5.41) is 6.61. The summed E-state index contributed by atoms with van der Waals surface area (Å²) in [6.07, 6.45) is 2.94. The zero-order valence-electron chi connectivity index (χ0n) is 13.4. The first kappa shape index (κ1) is 25.7. The summed E-state index contributed by atoms with van der Waals surface area (Å²) < 4.78 is 0. The molecule has 0 aliphatic carbocycles. The van der Waals surface area contributed by atoms with Crippen LogP contribution in [0.5, 0.6) is 0 Å². The Balaban J connectivity index is -0.000000288. The van der Waals surface area contributed by atoms with Gasteiger partial charge in [0.2, 0.25) is 0 Å². The van der Waals surface area contributed by atoms with E-state index < -0.39 is 0 Å². The molecule has 122 valence electrons. The number of nitrogens with zero attached hydrogens (tertiary/aromatic N) is 1. The third-order valence-electron chi connectivity index (χ3n) is 2.35. The van der Waals surface area contributed by atoms with Gasteiger partial charge in [0.05, 0.1) is 5.91 Å². The zero-order valence-corrected chi connectivity index (χ0v) is 18.0. The molecular weight excluding hydrogens is 397 g/mol. The van der Waals surface area contributed by atoms with E-state index in [2.05, 4.69) is 45.6 Å². The Morgan fingerprint density at radius 1 is 1.15 bits per heavy atom. The van der Waals surface area contributed by atoms with E-state index in [-0.39, 0.29) is 29.4 Å². The van der Waals surface area contributed by atoms with Crippen LogP contribution in [0.4, 0.5) is 0 Å². The minimum absolute atomic E-state index is 0. The van der Waals surface area contributed by atoms with Gasteiger partial charge in [0, 0.05) is 6.54 Å². The van der Waals surface area contributed by atoms with E-state index in [9.17, 15) is 4.79 Å². The van der Waals surface area contributed by atoms with Crippen molar-refractivity contribution < 1.29 is 4.79 Å². The number of carbonyl (C=O) groups excluding carboxylic acids is 1. The maximum absolute atomic E-state index is 10.2. The standard InChI is InChI=1S/C10H22Ge.C4H10N2OS.BrH/c1-9(2)5-7-11-8-6-10(3)4;5-3-4(7)6-1-2-8;/h9-10H,5-8H2,1-4H3;1-3,5H2,(H2,6,7,8);1H/p-2. The fourth-order valence-corrected chi connectivity index (χ4v) is 5.04. The number of rotatable bonds is 9. The number of hydrogen-bond acceptors (Lipinski definition) is 3. The molecule has 0 aromatic rings. The van der Waals surface area contributed by atoms with Gasteiger partial charge in [0.1, 0.15) is 0 Å². The SMILES string of the molecule is Br.CC(C)C[CH2][Ge][CH2]CC(C)C.NCC(=O)[N-]CC[S-]. The van der Waals surface area contributed by atoms with E-state index >= 15 is 0 Å². The van der Waals surface area contributed by atoms with Crippen LogP contribution < -0.4 is 5.73 Å². The average Bonchev–Trinajstić information content (AvgIpc) is 2.35. The largest absolute Gasteiger partial charge is 0.794 e. The average molecular weight is 428 g/mol. The van der Waals surface area contributed by atoms with Crippen molar-refractivity contribution in [3.63, 3.8) is 0 Å². The molecule has 0 atom stereocenters.